The topological polar surface area (TPSA) is 17.1 Å². The third kappa shape index (κ3) is 4.46. The third-order valence-electron chi connectivity index (χ3n) is 3.18. The molecule has 0 N–H and O–H groups in total. The van der Waals surface area contributed by atoms with Crippen molar-refractivity contribution in [1.29, 1.82) is 0 Å². The number of hydrogen-bond acceptors (Lipinski definition) is 1. The van der Waals surface area contributed by atoms with Crippen LogP contribution in [0.4, 0.5) is 0 Å². The quantitative estimate of drug-likeness (QED) is 0.727. The van der Waals surface area contributed by atoms with Gasteiger partial charge >= 0.3 is 0 Å². The van der Waals surface area contributed by atoms with E-state index in [1.807, 2.05) is 24.3 Å². The fraction of sp³-hybridized carbons (Fsp3) is 0.235. The Bertz CT molecular complexity index is 622. The van der Waals surface area contributed by atoms with Gasteiger partial charge in [0.05, 0.1) is 0 Å². The van der Waals surface area contributed by atoms with E-state index in [-0.39, 0.29) is 5.78 Å². The molecule has 1 nitrogen and oxygen atoms in total. The van der Waals surface area contributed by atoms with Crippen molar-refractivity contribution < 1.29 is 4.79 Å². The molecule has 0 amide bonds. The molecule has 0 heterocycles. The Morgan fingerprint density at radius 2 is 2.00 bits per heavy atom. The lowest BCUT2D eigenvalue weighted by Crippen LogP contribution is -2.05. The van der Waals surface area contributed by atoms with Gasteiger partial charge in [0.25, 0.3) is 0 Å². The van der Waals surface area contributed by atoms with Gasteiger partial charge in [-0.1, -0.05) is 63.4 Å². The maximum absolute atomic E-state index is 12.0. The molecule has 0 bridgehead atoms. The Balaban J connectivity index is 1.92. The second kappa shape index (κ2) is 7.05. The zero-order valence-corrected chi connectivity index (χ0v) is 13.7. The van der Waals surface area contributed by atoms with Gasteiger partial charge in [-0.3, -0.25) is 4.79 Å². The third-order valence-corrected chi connectivity index (χ3v) is 4.02. The molecule has 2 aromatic rings. The number of hydrogen-bond donors (Lipinski definition) is 0. The minimum Gasteiger partial charge on any atom is -0.299 e. The molecule has 104 valence electrons. The highest BCUT2D eigenvalue weighted by Crippen LogP contribution is 2.22. The lowest BCUT2D eigenvalue weighted by molar-refractivity contribution is -0.118. The van der Waals surface area contributed by atoms with Crippen molar-refractivity contribution in [2.24, 2.45) is 0 Å². The Kier molecular flexibility index (Phi) is 5.38. The normalized spacial score (nSPS) is 10.6. The molecule has 0 aliphatic carbocycles. The lowest BCUT2D eigenvalue weighted by atomic mass is 10.0. The first-order valence-electron chi connectivity index (χ1n) is 6.56. The fourth-order valence-corrected chi connectivity index (χ4v) is 2.86. The summed E-state index contributed by atoms with van der Waals surface area (Å²) < 4.78 is 0.929. The molecular formula is C17H16BrClO. The summed E-state index contributed by atoms with van der Waals surface area (Å²) in [5.41, 5.74) is 3.33. The van der Waals surface area contributed by atoms with Crippen molar-refractivity contribution in [3.05, 3.63) is 68.7 Å². The van der Waals surface area contributed by atoms with Crippen molar-refractivity contribution in [3.63, 3.8) is 0 Å². The van der Waals surface area contributed by atoms with Crippen molar-refractivity contribution in [3.8, 4) is 0 Å². The van der Waals surface area contributed by atoms with Gasteiger partial charge in [-0.05, 0) is 36.6 Å². The first-order chi connectivity index (χ1) is 9.54. The highest BCUT2D eigenvalue weighted by Gasteiger charge is 2.08. The van der Waals surface area contributed by atoms with E-state index >= 15 is 0 Å². The summed E-state index contributed by atoms with van der Waals surface area (Å²) in [5.74, 6) is 0.218. The van der Waals surface area contributed by atoms with Crippen LogP contribution in [-0.2, 0) is 17.6 Å². The maximum atomic E-state index is 12.0. The van der Waals surface area contributed by atoms with Crippen LogP contribution >= 0.6 is 27.5 Å². The van der Waals surface area contributed by atoms with E-state index in [1.54, 1.807) is 0 Å². The summed E-state index contributed by atoms with van der Waals surface area (Å²) in [6, 6.07) is 13.9. The van der Waals surface area contributed by atoms with Gasteiger partial charge in [0.1, 0.15) is 5.78 Å². The summed E-state index contributed by atoms with van der Waals surface area (Å²) in [7, 11) is 0. The van der Waals surface area contributed by atoms with Crippen LogP contribution in [0.15, 0.2) is 46.9 Å². The van der Waals surface area contributed by atoms with Crippen molar-refractivity contribution in [2.45, 2.75) is 26.2 Å². The van der Waals surface area contributed by atoms with Crippen LogP contribution in [0.1, 0.15) is 23.1 Å². The number of aryl methyl sites for hydroxylation is 2. The second-order valence-electron chi connectivity index (χ2n) is 4.94. The predicted octanol–water partition coefficient (Wildman–Crippen LogP) is 5.16. The first kappa shape index (κ1) is 15.3. The largest absolute Gasteiger partial charge is 0.299 e. The van der Waals surface area contributed by atoms with E-state index in [0.29, 0.717) is 17.9 Å². The molecule has 0 saturated carbocycles. The van der Waals surface area contributed by atoms with Crippen LogP contribution in [0.5, 0.6) is 0 Å². The van der Waals surface area contributed by atoms with E-state index in [9.17, 15) is 4.79 Å². The molecule has 0 aliphatic rings. The number of carbonyl (C=O) groups excluding carboxylic acids is 1. The molecule has 0 fully saturated rings. The monoisotopic (exact) mass is 350 g/mol. The molecule has 0 aliphatic heterocycles. The van der Waals surface area contributed by atoms with Crippen LogP contribution < -0.4 is 0 Å². The van der Waals surface area contributed by atoms with Crippen LogP contribution in [-0.4, -0.2) is 5.78 Å². The highest BCUT2D eigenvalue weighted by atomic mass is 79.9. The Morgan fingerprint density at radius 1 is 1.20 bits per heavy atom. The van der Waals surface area contributed by atoms with Crippen molar-refractivity contribution in [2.75, 3.05) is 0 Å². The van der Waals surface area contributed by atoms with Gasteiger partial charge in [-0.2, -0.15) is 0 Å². The van der Waals surface area contributed by atoms with Crippen molar-refractivity contribution in [1.82, 2.24) is 0 Å². The summed E-state index contributed by atoms with van der Waals surface area (Å²) in [4.78, 5) is 12.0. The second-order valence-corrected chi connectivity index (χ2v) is 6.26. The molecule has 2 rings (SSSR count). The summed E-state index contributed by atoms with van der Waals surface area (Å²) in [6.07, 6.45) is 1.74. The van der Waals surface area contributed by atoms with Crippen LogP contribution in [0, 0.1) is 6.92 Å². The van der Waals surface area contributed by atoms with Gasteiger partial charge in [0.15, 0.2) is 0 Å². The van der Waals surface area contributed by atoms with Gasteiger partial charge in [-0.25, -0.2) is 0 Å². The summed E-state index contributed by atoms with van der Waals surface area (Å²) in [5, 5.41) is 0.642. The highest BCUT2D eigenvalue weighted by molar-refractivity contribution is 9.10. The molecule has 0 radical (unpaired) electrons. The molecule has 20 heavy (non-hydrogen) atoms. The smallest absolute Gasteiger partial charge is 0.137 e. The van der Waals surface area contributed by atoms with Gasteiger partial charge in [0.2, 0.25) is 0 Å². The number of Topliss-reactive ketones (excluding diaryl/α,β-unsaturated/α-hetero) is 1. The molecule has 0 spiro atoms. The van der Waals surface area contributed by atoms with Crippen molar-refractivity contribution >= 4 is 33.3 Å². The average Bonchev–Trinajstić information content (AvgIpc) is 2.40. The zero-order valence-electron chi connectivity index (χ0n) is 11.3. The molecule has 0 aromatic heterocycles. The number of benzene rings is 2. The lowest BCUT2D eigenvalue weighted by Gasteiger charge is -2.05. The predicted molar refractivity (Wildman–Crippen MR) is 87.4 cm³/mol. The van der Waals surface area contributed by atoms with Gasteiger partial charge in [0, 0.05) is 22.3 Å². The number of carbonyl (C=O) groups is 1. The van der Waals surface area contributed by atoms with E-state index in [2.05, 4.69) is 41.1 Å². The zero-order chi connectivity index (χ0) is 14.5. The summed E-state index contributed by atoms with van der Waals surface area (Å²) >= 11 is 9.49. The minimum atomic E-state index is 0.218. The van der Waals surface area contributed by atoms with Crippen LogP contribution in [0.2, 0.25) is 5.02 Å². The maximum Gasteiger partial charge on any atom is 0.137 e. The van der Waals surface area contributed by atoms with E-state index < -0.39 is 0 Å². The molecule has 3 heteroatoms. The van der Waals surface area contributed by atoms with E-state index in [1.165, 1.54) is 11.1 Å². The fourth-order valence-electron chi connectivity index (χ4n) is 2.12. The molecule has 0 unspecified atom stereocenters. The average molecular weight is 352 g/mol. The molecule has 2 aromatic carbocycles. The number of rotatable bonds is 5. The SMILES string of the molecule is Cc1cccc(CCC(=O)Cc2ccc(Br)cc2Cl)c1. The van der Waals surface area contributed by atoms with Crippen LogP contribution in [0.3, 0.4) is 0 Å². The minimum absolute atomic E-state index is 0.218. The van der Waals surface area contributed by atoms with E-state index in [0.717, 1.165) is 16.5 Å². The number of ketones is 1. The Labute approximate surface area is 133 Å². The Morgan fingerprint density at radius 3 is 2.70 bits per heavy atom. The van der Waals surface area contributed by atoms with E-state index in [4.69, 9.17) is 11.6 Å². The van der Waals surface area contributed by atoms with Gasteiger partial charge in [-0.15, -0.1) is 0 Å². The molecule has 0 saturated heterocycles. The first-order valence-corrected chi connectivity index (χ1v) is 7.73. The van der Waals surface area contributed by atoms with Crippen LogP contribution in [0.25, 0.3) is 0 Å². The standard InChI is InChI=1S/C17H16BrClO/c1-12-3-2-4-13(9-12)5-8-16(20)10-14-6-7-15(18)11-17(14)19/h2-4,6-7,9,11H,5,8,10H2,1H3. The van der Waals surface area contributed by atoms with Gasteiger partial charge < -0.3 is 0 Å². The number of halogens is 2. The Hall–Kier alpha value is -1.12. The molecular weight excluding hydrogens is 336 g/mol. The summed E-state index contributed by atoms with van der Waals surface area (Å²) in [6.45, 7) is 2.06. The molecule has 0 atom stereocenters.